The molecule has 3 N–H and O–H groups in total. The second-order valence-electron chi connectivity index (χ2n) is 11.6. The second kappa shape index (κ2) is 23.4. The molecule has 0 saturated carbocycles. The van der Waals surface area contributed by atoms with E-state index in [-0.39, 0.29) is 25.7 Å². The molecule has 2 rings (SSSR count). The maximum Gasteiger partial charge on any atom is 0.358 e. The summed E-state index contributed by atoms with van der Waals surface area (Å²) >= 11 is 0. The van der Waals surface area contributed by atoms with Gasteiger partial charge in [0.1, 0.15) is 0 Å². The molecule has 0 aromatic heterocycles. The molecule has 8 heteroatoms. The summed E-state index contributed by atoms with van der Waals surface area (Å²) in [6, 6.07) is 19.4. The van der Waals surface area contributed by atoms with E-state index in [1.54, 1.807) is 0 Å². The number of unbranched alkanes of at least 4 members (excludes halogenated alkanes) is 11. The van der Waals surface area contributed by atoms with E-state index in [0.29, 0.717) is 12.8 Å². The molecule has 0 heterocycles. The van der Waals surface area contributed by atoms with Crippen LogP contribution in [0.2, 0.25) is 0 Å². The Hall–Kier alpha value is -2.02. The summed E-state index contributed by atoms with van der Waals surface area (Å²) in [6.45, 7) is 2.00. The Kier molecular flexibility index (Phi) is 20.2. The Labute approximate surface area is 260 Å². The Balaban J connectivity index is 1.74. The van der Waals surface area contributed by atoms with Crippen molar-refractivity contribution in [2.45, 2.75) is 128 Å². The van der Waals surface area contributed by atoms with E-state index in [9.17, 15) is 19.4 Å². The Morgan fingerprint density at radius 3 is 1.98 bits per heavy atom. The van der Waals surface area contributed by atoms with Gasteiger partial charge in [0.15, 0.2) is 5.85 Å². The fraction of sp³-hybridized carbons (Fsp3) is 0.629. The van der Waals surface area contributed by atoms with Crippen LogP contribution in [0.25, 0.3) is 0 Å². The van der Waals surface area contributed by atoms with Crippen molar-refractivity contribution in [3.8, 4) is 0 Å². The summed E-state index contributed by atoms with van der Waals surface area (Å²) in [5, 5.41) is 13.3. The van der Waals surface area contributed by atoms with Crippen LogP contribution in [0.4, 0.5) is 0 Å². The van der Waals surface area contributed by atoms with Gasteiger partial charge >= 0.3 is 7.60 Å². The summed E-state index contributed by atoms with van der Waals surface area (Å²) in [7, 11) is -4.35. The maximum absolute atomic E-state index is 12.7. The monoisotopic (exact) mass is 617 g/mol. The first-order chi connectivity index (χ1) is 20.9. The van der Waals surface area contributed by atoms with E-state index in [1.807, 2.05) is 36.4 Å². The molecule has 0 aliphatic heterocycles. The van der Waals surface area contributed by atoms with Gasteiger partial charge in [-0.15, -0.1) is 0 Å². The van der Waals surface area contributed by atoms with E-state index in [0.717, 1.165) is 56.9 Å². The number of rotatable bonds is 26. The molecule has 7 nitrogen and oxygen atoms in total. The van der Waals surface area contributed by atoms with Crippen molar-refractivity contribution >= 4 is 13.5 Å². The fourth-order valence-electron chi connectivity index (χ4n) is 5.04. The zero-order valence-electron chi connectivity index (χ0n) is 26.3. The largest absolute Gasteiger partial charge is 0.378 e. The van der Waals surface area contributed by atoms with Gasteiger partial charge in [-0.05, 0) is 36.8 Å². The van der Waals surface area contributed by atoms with Crippen LogP contribution < -0.4 is 5.32 Å². The fourth-order valence-corrected chi connectivity index (χ4v) is 5.90. The normalized spacial score (nSPS) is 14.2. The summed E-state index contributed by atoms with van der Waals surface area (Å²) in [4.78, 5) is 23.1. The highest BCUT2D eigenvalue weighted by molar-refractivity contribution is 7.53. The van der Waals surface area contributed by atoms with Crippen LogP contribution in [0.15, 0.2) is 60.7 Å². The van der Waals surface area contributed by atoms with Crippen molar-refractivity contribution in [2.75, 3.05) is 13.2 Å². The van der Waals surface area contributed by atoms with E-state index >= 15 is 0 Å². The zero-order valence-corrected chi connectivity index (χ0v) is 27.2. The molecule has 0 bridgehead atoms. The molecule has 2 aromatic carbocycles. The lowest BCUT2D eigenvalue weighted by molar-refractivity contribution is -0.122. The third kappa shape index (κ3) is 18.4. The quantitative estimate of drug-likeness (QED) is 0.0724. The van der Waals surface area contributed by atoms with E-state index < -0.39 is 19.5 Å². The van der Waals surface area contributed by atoms with Gasteiger partial charge in [-0.25, -0.2) is 0 Å². The van der Waals surface area contributed by atoms with Crippen LogP contribution >= 0.6 is 7.60 Å². The third-order valence-electron chi connectivity index (χ3n) is 7.70. The SMILES string of the molecule is CCCCCCCCCCCC(=O)NC(CCCCCCc1ccccc1)COP(=O)(O)C(O)COCc1ccccc1. The Morgan fingerprint density at radius 1 is 0.767 bits per heavy atom. The Bertz CT molecular complexity index is 1010. The summed E-state index contributed by atoms with van der Waals surface area (Å²) in [5.41, 5.74) is 2.24. The minimum absolute atomic E-state index is 0.0554. The average Bonchev–Trinajstić information content (AvgIpc) is 3.01. The lowest BCUT2D eigenvalue weighted by Crippen LogP contribution is -2.38. The van der Waals surface area contributed by atoms with Gasteiger partial charge in [0.05, 0.1) is 25.9 Å². The number of aliphatic hydroxyl groups is 1. The minimum Gasteiger partial charge on any atom is -0.378 e. The van der Waals surface area contributed by atoms with Crippen molar-refractivity contribution in [2.24, 2.45) is 0 Å². The molecule has 1 amide bonds. The van der Waals surface area contributed by atoms with Gasteiger partial charge in [-0.3, -0.25) is 9.36 Å². The number of carbonyl (C=O) groups excluding carboxylic acids is 1. The lowest BCUT2D eigenvalue weighted by Gasteiger charge is -2.23. The number of carbonyl (C=O) groups is 1. The second-order valence-corrected chi connectivity index (χ2v) is 13.6. The summed E-state index contributed by atoms with van der Waals surface area (Å²) < 4.78 is 23.5. The first kappa shape index (κ1) is 37.2. The molecule has 3 atom stereocenters. The first-order valence-corrected chi connectivity index (χ1v) is 18.2. The van der Waals surface area contributed by atoms with Gasteiger partial charge < -0.3 is 24.6 Å². The minimum atomic E-state index is -4.35. The molecule has 0 radical (unpaired) electrons. The molecule has 2 aromatic rings. The van der Waals surface area contributed by atoms with Gasteiger partial charge in [0.2, 0.25) is 5.91 Å². The van der Waals surface area contributed by atoms with Crippen molar-refractivity contribution in [1.29, 1.82) is 0 Å². The van der Waals surface area contributed by atoms with Crippen LogP contribution in [0.1, 0.15) is 114 Å². The number of nitrogens with one attached hydrogen (secondary N) is 1. The summed E-state index contributed by atoms with van der Waals surface area (Å²) in [5.74, 6) is -1.72. The summed E-state index contributed by atoms with van der Waals surface area (Å²) in [6.07, 6.45) is 16.9. The molecule has 0 aliphatic carbocycles. The number of aliphatic hydroxyl groups excluding tert-OH is 1. The molecular weight excluding hydrogens is 561 g/mol. The lowest BCUT2D eigenvalue weighted by atomic mass is 10.0. The van der Waals surface area contributed by atoms with Gasteiger partial charge in [-0.2, -0.15) is 0 Å². The van der Waals surface area contributed by atoms with Gasteiger partial charge in [0, 0.05) is 6.42 Å². The maximum atomic E-state index is 12.7. The van der Waals surface area contributed by atoms with E-state index in [4.69, 9.17) is 9.26 Å². The standard InChI is InChI=1S/C35H56NO6P/c1-2-3-4-5-6-7-8-9-20-27-34(37)36-33(26-19-11-10-14-21-31-22-15-12-16-23-31)29-42-43(39,40)35(38)30-41-28-32-24-17-13-18-25-32/h12-13,15-18,22-25,33,35,38H,2-11,14,19-21,26-30H2,1H3,(H,36,37)(H,39,40). The van der Waals surface area contributed by atoms with Crippen LogP contribution in [0.3, 0.4) is 0 Å². The predicted octanol–water partition coefficient (Wildman–Crippen LogP) is 8.32. The number of hydrogen-bond donors (Lipinski definition) is 3. The first-order valence-electron chi connectivity index (χ1n) is 16.5. The molecular formula is C35H56NO6P. The molecule has 0 aliphatic rings. The molecule has 0 fully saturated rings. The number of amides is 1. The molecule has 242 valence electrons. The number of ether oxygens (including phenoxy) is 1. The number of benzene rings is 2. The predicted molar refractivity (Wildman–Crippen MR) is 175 cm³/mol. The van der Waals surface area contributed by atoms with Gasteiger partial charge in [0.25, 0.3) is 0 Å². The molecule has 0 saturated heterocycles. The molecule has 43 heavy (non-hydrogen) atoms. The van der Waals surface area contributed by atoms with E-state index in [1.165, 1.54) is 44.1 Å². The van der Waals surface area contributed by atoms with Crippen LogP contribution in [0, 0.1) is 0 Å². The topological polar surface area (TPSA) is 105 Å². The molecule has 0 spiro atoms. The van der Waals surface area contributed by atoms with Crippen molar-refractivity contribution in [3.05, 3.63) is 71.8 Å². The molecule has 3 unspecified atom stereocenters. The van der Waals surface area contributed by atoms with Crippen LogP contribution in [-0.2, 0) is 31.6 Å². The third-order valence-corrected chi connectivity index (χ3v) is 9.12. The van der Waals surface area contributed by atoms with Crippen molar-refractivity contribution < 1.29 is 28.6 Å². The van der Waals surface area contributed by atoms with E-state index in [2.05, 4.69) is 36.5 Å². The van der Waals surface area contributed by atoms with Crippen LogP contribution in [0.5, 0.6) is 0 Å². The zero-order chi connectivity index (χ0) is 31.0. The highest BCUT2D eigenvalue weighted by atomic mass is 31.2. The Morgan fingerprint density at radius 2 is 1.33 bits per heavy atom. The number of hydrogen-bond acceptors (Lipinski definition) is 5. The van der Waals surface area contributed by atoms with Gasteiger partial charge in [-0.1, -0.05) is 138 Å². The van der Waals surface area contributed by atoms with Crippen molar-refractivity contribution in [1.82, 2.24) is 5.32 Å². The van der Waals surface area contributed by atoms with Crippen LogP contribution in [-0.4, -0.2) is 41.0 Å². The number of aryl methyl sites for hydroxylation is 1. The van der Waals surface area contributed by atoms with Crippen molar-refractivity contribution in [3.63, 3.8) is 0 Å². The highest BCUT2D eigenvalue weighted by Gasteiger charge is 2.32. The highest BCUT2D eigenvalue weighted by Crippen LogP contribution is 2.46. The smallest absolute Gasteiger partial charge is 0.358 e. The average molecular weight is 618 g/mol.